The number of ether oxygens (including phenoxy) is 2. The van der Waals surface area contributed by atoms with Crippen LogP contribution in [0.1, 0.15) is 64.9 Å². The van der Waals surface area contributed by atoms with E-state index in [4.69, 9.17) is 9.47 Å². The Balaban J connectivity index is 1.23. The van der Waals surface area contributed by atoms with E-state index in [0.29, 0.717) is 46.2 Å². The highest BCUT2D eigenvalue weighted by Crippen LogP contribution is 2.71. The van der Waals surface area contributed by atoms with Crippen molar-refractivity contribution in [1.82, 2.24) is 4.57 Å². The predicted molar refractivity (Wildman–Crippen MR) is 165 cm³/mol. The zero-order valence-electron chi connectivity index (χ0n) is 27.0. The predicted octanol–water partition coefficient (Wildman–Crippen LogP) is 3.10. The summed E-state index contributed by atoms with van der Waals surface area (Å²) in [5.41, 5.74) is -5.05. The van der Waals surface area contributed by atoms with Gasteiger partial charge in [-0.05, 0) is 68.7 Å². The monoisotopic (exact) mass is 652 g/mol. The number of esters is 2. The van der Waals surface area contributed by atoms with Crippen LogP contribution in [0.15, 0.2) is 48.3 Å². The van der Waals surface area contributed by atoms with Crippen molar-refractivity contribution in [3.05, 3.63) is 59.1 Å². The van der Waals surface area contributed by atoms with Crippen LogP contribution in [0.3, 0.4) is 0 Å². The van der Waals surface area contributed by atoms with Gasteiger partial charge in [-0.1, -0.05) is 25.5 Å². The first kappa shape index (κ1) is 33.0. The quantitative estimate of drug-likeness (QED) is 0.248. The normalized spacial score (nSPS) is 35.9. The molecule has 2 N–H and O–H groups in total. The molecule has 2 heterocycles. The molecule has 4 aliphatic carbocycles. The van der Waals surface area contributed by atoms with Crippen molar-refractivity contribution in [3.8, 4) is 0 Å². The molecule has 11 nitrogen and oxygen atoms in total. The van der Waals surface area contributed by atoms with E-state index < -0.39 is 76.7 Å². The number of nitrogens with zero attached hydrogens (tertiary/aromatic N) is 2. The number of carbonyl (C=O) groups excluding carboxylic acids is 4. The van der Waals surface area contributed by atoms with Crippen LogP contribution in [0.5, 0.6) is 0 Å². The van der Waals surface area contributed by atoms with Crippen LogP contribution in [-0.2, 0) is 42.3 Å². The fourth-order valence-corrected chi connectivity index (χ4v) is 9.56. The summed E-state index contributed by atoms with van der Waals surface area (Å²) in [5, 5.41) is 34.5. The van der Waals surface area contributed by atoms with Gasteiger partial charge in [0.25, 0.3) is 5.65 Å². The molecular formula is C35H41FN2O9. The molecular weight excluding hydrogens is 611 g/mol. The number of halogens is 1. The molecule has 0 aromatic carbocycles. The minimum Gasteiger partial charge on any atom is -0.711 e. The number of aliphatic hydroxyl groups is 2. The Bertz CT molecular complexity index is 1730. The third-order valence-electron chi connectivity index (χ3n) is 11.9. The molecule has 0 aliphatic heterocycles. The summed E-state index contributed by atoms with van der Waals surface area (Å²) in [5.74, 6) is -4.33. The van der Waals surface area contributed by atoms with E-state index in [1.807, 2.05) is 0 Å². The smallest absolute Gasteiger partial charge is 0.306 e. The Kier molecular flexibility index (Phi) is 7.98. The Morgan fingerprint density at radius 1 is 1.19 bits per heavy atom. The third kappa shape index (κ3) is 4.69. The molecule has 3 saturated carbocycles. The molecule has 12 heteroatoms. The molecule has 6 rings (SSSR count). The first-order valence-corrected chi connectivity index (χ1v) is 16.1. The number of allylic oxidation sites excluding steroid dienone is 4. The number of hydrogen-bond acceptors (Lipinski definition) is 9. The van der Waals surface area contributed by atoms with Gasteiger partial charge in [0.2, 0.25) is 0 Å². The van der Waals surface area contributed by atoms with Gasteiger partial charge >= 0.3 is 11.9 Å². The first-order valence-electron chi connectivity index (χ1n) is 16.1. The van der Waals surface area contributed by atoms with Gasteiger partial charge in [0.05, 0.1) is 37.7 Å². The second-order valence-electron chi connectivity index (χ2n) is 14.2. The van der Waals surface area contributed by atoms with Gasteiger partial charge in [-0.25, -0.2) is 13.7 Å². The molecule has 2 aromatic rings. The van der Waals surface area contributed by atoms with Gasteiger partial charge in [-0.15, -0.1) is 0 Å². The number of pyridine rings is 1. The van der Waals surface area contributed by atoms with Crippen LogP contribution in [0, 0.1) is 33.8 Å². The second-order valence-corrected chi connectivity index (χ2v) is 14.2. The van der Waals surface area contributed by atoms with Crippen LogP contribution in [-0.4, -0.2) is 62.3 Å². The lowest BCUT2D eigenvalue weighted by atomic mass is 9.44. The number of hydrogen-bond donors (Lipinski definition) is 2. The zero-order chi connectivity index (χ0) is 34.1. The molecule has 0 spiro atoms. The largest absolute Gasteiger partial charge is 0.711 e. The van der Waals surface area contributed by atoms with Crippen molar-refractivity contribution < 1.29 is 48.0 Å². The number of fused-ring (bicyclic) bond motifs is 6. The summed E-state index contributed by atoms with van der Waals surface area (Å²) in [7, 11) is 1.70. The van der Waals surface area contributed by atoms with Crippen LogP contribution >= 0.6 is 0 Å². The number of rotatable bonds is 8. The molecule has 0 bridgehead atoms. The van der Waals surface area contributed by atoms with Crippen LogP contribution in [0.2, 0.25) is 0 Å². The molecule has 0 radical (unpaired) electrons. The average molecular weight is 653 g/mol. The fraction of sp³-hybridized carbons (Fsp3) is 0.571. The number of alkyl halides is 1. The highest BCUT2D eigenvalue weighted by molar-refractivity contribution is 6.01. The zero-order valence-corrected chi connectivity index (χ0v) is 27.0. The van der Waals surface area contributed by atoms with Crippen LogP contribution in [0.25, 0.3) is 11.0 Å². The molecule has 0 amide bonds. The summed E-state index contributed by atoms with van der Waals surface area (Å²) in [6, 6.07) is 3.33. The van der Waals surface area contributed by atoms with E-state index in [0.717, 1.165) is 0 Å². The summed E-state index contributed by atoms with van der Waals surface area (Å²) in [4.78, 5) is 51.5. The lowest BCUT2D eigenvalue weighted by Gasteiger charge is -2.63. The van der Waals surface area contributed by atoms with Crippen molar-refractivity contribution in [3.63, 3.8) is 0 Å². The summed E-state index contributed by atoms with van der Waals surface area (Å²) in [6.07, 6.45) is 6.06. The van der Waals surface area contributed by atoms with E-state index in [1.165, 1.54) is 18.3 Å². The minimum atomic E-state index is -2.19. The van der Waals surface area contributed by atoms with Crippen molar-refractivity contribution in [1.29, 1.82) is 0 Å². The molecule has 0 unspecified atom stereocenters. The summed E-state index contributed by atoms with van der Waals surface area (Å²) < 4.78 is 31.9. The molecule has 2 aromatic heterocycles. The Hall–Kier alpha value is -3.90. The highest BCUT2D eigenvalue weighted by atomic mass is 19.1. The standard InChI is InChI=1S/C35H41FN2O9/c1-20-14-26-25-8-7-22-15-23(40)11-12-32(22,2)34(25,36)28(16-33(26,3)35(20,44)27(41)18-39)47-30(43)10-9-29(42)46-19-21-17-37(4)31-24(21)6-5-13-38(31)45/h5-6,11-13,15,17,20,25-26,28,39,44H,7-10,14,16,18-19H2,1-4H3/t20-,25+,26+,28+,32+,33+,34+,35+/m1/s1. The maximum absolute atomic E-state index is 18.2. The summed E-state index contributed by atoms with van der Waals surface area (Å²) >= 11 is 0. The number of ketones is 2. The molecule has 4 aliphatic rings. The Morgan fingerprint density at radius 2 is 1.91 bits per heavy atom. The number of aromatic nitrogens is 2. The van der Waals surface area contributed by atoms with Gasteiger partial charge in [0, 0.05) is 22.3 Å². The maximum Gasteiger partial charge on any atom is 0.306 e. The van der Waals surface area contributed by atoms with Crippen molar-refractivity contribution in [2.75, 3.05) is 6.61 Å². The lowest BCUT2D eigenvalue weighted by Crippen LogP contribution is -2.70. The van der Waals surface area contributed by atoms with E-state index in [1.54, 1.807) is 56.8 Å². The van der Waals surface area contributed by atoms with Crippen molar-refractivity contribution in [2.24, 2.45) is 35.6 Å². The topological polar surface area (TPSA) is 159 Å². The summed E-state index contributed by atoms with van der Waals surface area (Å²) in [6.45, 7) is 4.12. The molecule has 47 heavy (non-hydrogen) atoms. The molecule has 0 saturated heterocycles. The van der Waals surface area contributed by atoms with Crippen LogP contribution in [0.4, 0.5) is 4.39 Å². The van der Waals surface area contributed by atoms with Crippen LogP contribution < -0.4 is 4.73 Å². The number of aliphatic hydroxyl groups excluding tert-OH is 1. The fourth-order valence-electron chi connectivity index (χ4n) is 9.56. The van der Waals surface area contributed by atoms with E-state index >= 15 is 4.39 Å². The number of aryl methyl sites for hydroxylation is 1. The molecule has 8 atom stereocenters. The maximum atomic E-state index is 18.2. The average Bonchev–Trinajstić information content (AvgIpc) is 3.46. The molecule has 252 valence electrons. The lowest BCUT2D eigenvalue weighted by molar-refractivity contribution is -0.580. The number of carbonyl (C=O) groups is 4. The van der Waals surface area contributed by atoms with E-state index in [9.17, 15) is 34.6 Å². The first-order chi connectivity index (χ1) is 22.1. The van der Waals surface area contributed by atoms with Gasteiger partial charge < -0.3 is 24.9 Å². The number of Topliss-reactive ketones (excluding diaryl/α,β-unsaturated/α-hetero) is 1. The Morgan fingerprint density at radius 3 is 2.64 bits per heavy atom. The van der Waals surface area contributed by atoms with Gasteiger partial charge in [-0.2, -0.15) is 0 Å². The van der Waals surface area contributed by atoms with Crippen molar-refractivity contribution in [2.45, 2.75) is 83.3 Å². The third-order valence-corrected chi connectivity index (χ3v) is 11.9. The van der Waals surface area contributed by atoms with E-state index in [2.05, 4.69) is 0 Å². The minimum absolute atomic E-state index is 0.124. The highest BCUT2D eigenvalue weighted by Gasteiger charge is 2.76. The Labute approximate surface area is 271 Å². The SMILES string of the molecule is C[C@@H]1C[C@H]2[C@@H]3CCC4=CC(=O)C=C[C@]4(C)[C@@]3(F)[C@@H](OC(=O)CCC(=O)OCc3cn(C)c4c3ccc[n+]4[O-])C[C@]2(C)[C@@]1(O)C(=O)CO. The molecule has 3 fully saturated rings. The van der Waals surface area contributed by atoms with Crippen molar-refractivity contribution >= 4 is 34.5 Å². The van der Waals surface area contributed by atoms with E-state index in [-0.39, 0.29) is 25.2 Å². The second kappa shape index (κ2) is 11.4. The van der Waals surface area contributed by atoms with Gasteiger partial charge in [0.1, 0.15) is 24.9 Å². The van der Waals surface area contributed by atoms with Gasteiger partial charge in [0.15, 0.2) is 17.2 Å². The van der Waals surface area contributed by atoms with Gasteiger partial charge in [-0.3, -0.25) is 19.2 Å².